The molecule has 0 fully saturated rings. The molecule has 0 saturated heterocycles. The molecule has 1 N–H and O–H groups in total. The first-order valence-corrected chi connectivity index (χ1v) is 6.16. The normalized spacial score (nSPS) is 12.1. The van der Waals surface area contributed by atoms with E-state index in [9.17, 15) is 13.2 Å². The maximum atomic E-state index is 12.3. The first-order valence-electron chi connectivity index (χ1n) is 5.03. The quantitative estimate of drug-likeness (QED) is 0.844. The number of nitrogens with zero attached hydrogens (tertiary/aromatic N) is 1. The van der Waals surface area contributed by atoms with Gasteiger partial charge in [-0.15, -0.1) is 0 Å². The molecule has 96 valence electrons. The third kappa shape index (κ3) is 5.93. The summed E-state index contributed by atoms with van der Waals surface area (Å²) in [6.07, 6.45) is -4.20. The van der Waals surface area contributed by atoms with Crippen LogP contribution in [0.5, 0.6) is 5.75 Å². The van der Waals surface area contributed by atoms with Crippen LogP contribution < -0.4 is 0 Å². The van der Waals surface area contributed by atoms with Crippen molar-refractivity contribution in [2.45, 2.75) is 12.7 Å². The second kappa shape index (κ2) is 6.26. The fraction of sp³-hybridized carbons (Fsp3) is 0.455. The Hall–Kier alpha value is -0.750. The second-order valence-electron chi connectivity index (χ2n) is 3.68. The van der Waals surface area contributed by atoms with Gasteiger partial charge in [0.1, 0.15) is 5.75 Å². The number of benzene rings is 1. The molecule has 0 radical (unpaired) electrons. The Morgan fingerprint density at radius 3 is 2.24 bits per heavy atom. The minimum absolute atomic E-state index is 0.108. The molecule has 0 saturated carbocycles. The van der Waals surface area contributed by atoms with Gasteiger partial charge in [0.25, 0.3) is 0 Å². The van der Waals surface area contributed by atoms with Gasteiger partial charge in [0.2, 0.25) is 0 Å². The molecule has 0 amide bonds. The summed E-state index contributed by atoms with van der Waals surface area (Å²) in [4.78, 5) is 1.31. The Kier molecular flexibility index (Phi) is 5.27. The fourth-order valence-corrected chi connectivity index (χ4v) is 1.95. The molecular formula is C11H13BrF3NO. The molecule has 0 aliphatic rings. The van der Waals surface area contributed by atoms with Crippen LogP contribution in [-0.4, -0.2) is 34.6 Å². The Bertz CT molecular complexity index is 340. The summed E-state index contributed by atoms with van der Waals surface area (Å²) in [6.45, 7) is -0.398. The maximum Gasteiger partial charge on any atom is 0.401 e. The van der Waals surface area contributed by atoms with Crippen LogP contribution in [-0.2, 0) is 6.54 Å². The van der Waals surface area contributed by atoms with Gasteiger partial charge >= 0.3 is 6.18 Å². The lowest BCUT2D eigenvalue weighted by atomic mass is 10.2. The summed E-state index contributed by atoms with van der Waals surface area (Å²) in [5.74, 6) is 0.108. The van der Waals surface area contributed by atoms with Crippen molar-refractivity contribution >= 4 is 15.9 Å². The molecule has 1 rings (SSSR count). The second-order valence-corrected chi connectivity index (χ2v) is 4.47. The Balaban J connectivity index is 2.63. The van der Waals surface area contributed by atoms with Crippen LogP contribution in [0.1, 0.15) is 5.56 Å². The zero-order valence-corrected chi connectivity index (χ0v) is 10.6. The minimum Gasteiger partial charge on any atom is -0.508 e. The number of phenols is 1. The molecule has 2 nitrogen and oxygen atoms in total. The number of hydrogen-bond donors (Lipinski definition) is 1. The topological polar surface area (TPSA) is 23.5 Å². The Morgan fingerprint density at radius 1 is 1.18 bits per heavy atom. The number of phenolic OH excluding ortho intramolecular Hbond substituents is 1. The first-order chi connectivity index (χ1) is 7.90. The fourth-order valence-electron chi connectivity index (χ4n) is 1.45. The average molecular weight is 312 g/mol. The largest absolute Gasteiger partial charge is 0.508 e. The lowest BCUT2D eigenvalue weighted by Crippen LogP contribution is -2.35. The van der Waals surface area contributed by atoms with Crippen molar-refractivity contribution in [2.75, 3.05) is 18.4 Å². The van der Waals surface area contributed by atoms with Gasteiger partial charge in [0, 0.05) is 18.4 Å². The summed E-state index contributed by atoms with van der Waals surface area (Å²) in [7, 11) is 0. The smallest absolute Gasteiger partial charge is 0.401 e. The van der Waals surface area contributed by atoms with E-state index in [1.807, 2.05) is 0 Å². The summed E-state index contributed by atoms with van der Waals surface area (Å²) in [5.41, 5.74) is 0.744. The third-order valence-electron chi connectivity index (χ3n) is 2.15. The molecule has 6 heteroatoms. The summed E-state index contributed by atoms with van der Waals surface area (Å²) in [5, 5.41) is 9.57. The van der Waals surface area contributed by atoms with Crippen molar-refractivity contribution in [3.63, 3.8) is 0 Å². The molecule has 0 spiro atoms. The van der Waals surface area contributed by atoms with Crippen LogP contribution in [0.2, 0.25) is 0 Å². The van der Waals surface area contributed by atoms with Crippen LogP contribution in [0.3, 0.4) is 0 Å². The third-order valence-corrected chi connectivity index (χ3v) is 2.50. The van der Waals surface area contributed by atoms with E-state index in [1.54, 1.807) is 12.1 Å². The SMILES string of the molecule is Oc1ccc(CN(CCBr)CC(F)(F)F)cc1. The van der Waals surface area contributed by atoms with Gasteiger partial charge in [-0.25, -0.2) is 0 Å². The van der Waals surface area contributed by atoms with E-state index in [-0.39, 0.29) is 12.3 Å². The van der Waals surface area contributed by atoms with Crippen LogP contribution >= 0.6 is 15.9 Å². The molecule has 1 aromatic rings. The molecule has 0 aliphatic heterocycles. The maximum absolute atomic E-state index is 12.3. The zero-order valence-electron chi connectivity index (χ0n) is 9.04. The van der Waals surface area contributed by atoms with Crippen molar-refractivity contribution in [1.29, 1.82) is 0 Å². The van der Waals surface area contributed by atoms with Crippen molar-refractivity contribution < 1.29 is 18.3 Å². The van der Waals surface area contributed by atoms with Gasteiger partial charge < -0.3 is 5.11 Å². The number of halogens is 4. The van der Waals surface area contributed by atoms with E-state index in [1.165, 1.54) is 17.0 Å². The van der Waals surface area contributed by atoms with E-state index in [0.29, 0.717) is 11.9 Å². The van der Waals surface area contributed by atoms with E-state index in [2.05, 4.69) is 15.9 Å². The minimum atomic E-state index is -4.20. The predicted octanol–water partition coefficient (Wildman–Crippen LogP) is 3.15. The van der Waals surface area contributed by atoms with Crippen LogP contribution in [0, 0.1) is 0 Å². The lowest BCUT2D eigenvalue weighted by Gasteiger charge is -2.22. The van der Waals surface area contributed by atoms with Gasteiger partial charge in [-0.1, -0.05) is 28.1 Å². The molecule has 1 aromatic carbocycles. The van der Waals surface area contributed by atoms with Crippen molar-refractivity contribution in [1.82, 2.24) is 4.90 Å². The molecule has 0 unspecified atom stereocenters. The highest BCUT2D eigenvalue weighted by Gasteiger charge is 2.30. The number of alkyl halides is 4. The Morgan fingerprint density at radius 2 is 1.76 bits per heavy atom. The molecule has 17 heavy (non-hydrogen) atoms. The highest BCUT2D eigenvalue weighted by Crippen LogP contribution is 2.19. The Labute approximate surface area is 106 Å². The van der Waals surface area contributed by atoms with Crippen LogP contribution in [0.25, 0.3) is 0 Å². The predicted molar refractivity (Wildman–Crippen MR) is 63.2 cm³/mol. The highest BCUT2D eigenvalue weighted by molar-refractivity contribution is 9.09. The first kappa shape index (κ1) is 14.3. The van der Waals surface area contributed by atoms with Gasteiger partial charge in [-0.2, -0.15) is 13.2 Å². The van der Waals surface area contributed by atoms with E-state index < -0.39 is 12.7 Å². The zero-order chi connectivity index (χ0) is 12.9. The van der Waals surface area contributed by atoms with Crippen molar-refractivity contribution in [3.05, 3.63) is 29.8 Å². The molecule has 0 aliphatic carbocycles. The van der Waals surface area contributed by atoms with E-state index in [0.717, 1.165) is 5.56 Å². The van der Waals surface area contributed by atoms with Crippen LogP contribution in [0.4, 0.5) is 13.2 Å². The number of rotatable bonds is 5. The van der Waals surface area contributed by atoms with E-state index in [4.69, 9.17) is 5.11 Å². The number of hydrogen-bond acceptors (Lipinski definition) is 2. The molecule has 0 heterocycles. The van der Waals surface area contributed by atoms with Crippen molar-refractivity contribution in [3.8, 4) is 5.75 Å². The summed E-state index contributed by atoms with van der Waals surface area (Å²) < 4.78 is 36.9. The van der Waals surface area contributed by atoms with Crippen molar-refractivity contribution in [2.24, 2.45) is 0 Å². The molecule has 0 bridgehead atoms. The van der Waals surface area contributed by atoms with E-state index >= 15 is 0 Å². The lowest BCUT2D eigenvalue weighted by molar-refractivity contribution is -0.146. The van der Waals surface area contributed by atoms with Gasteiger partial charge in [0.15, 0.2) is 0 Å². The average Bonchev–Trinajstić information content (AvgIpc) is 2.19. The highest BCUT2D eigenvalue weighted by atomic mass is 79.9. The van der Waals surface area contributed by atoms with Crippen LogP contribution in [0.15, 0.2) is 24.3 Å². The monoisotopic (exact) mass is 311 g/mol. The van der Waals surface area contributed by atoms with Gasteiger partial charge in [-0.3, -0.25) is 4.90 Å². The van der Waals surface area contributed by atoms with Gasteiger partial charge in [0.05, 0.1) is 6.54 Å². The molecule has 0 atom stereocenters. The standard InChI is InChI=1S/C11H13BrF3NO/c12-5-6-16(8-11(13,14)15)7-9-1-3-10(17)4-2-9/h1-4,17H,5-8H2. The summed E-state index contributed by atoms with van der Waals surface area (Å²) in [6, 6.07) is 6.17. The molecule has 0 aromatic heterocycles. The molecular weight excluding hydrogens is 299 g/mol. The number of aromatic hydroxyl groups is 1. The van der Waals surface area contributed by atoms with Gasteiger partial charge in [-0.05, 0) is 17.7 Å². The summed E-state index contributed by atoms with van der Waals surface area (Å²) >= 11 is 3.13.